The van der Waals surface area contributed by atoms with Gasteiger partial charge in [0.25, 0.3) is 0 Å². The molecule has 0 amide bonds. The fourth-order valence-electron chi connectivity index (χ4n) is 3.81. The molecular weight excluding hydrogens is 327 g/mol. The van der Waals surface area contributed by atoms with Crippen molar-refractivity contribution in [3.63, 3.8) is 0 Å². The highest BCUT2D eigenvalue weighted by molar-refractivity contribution is 6.77. The summed E-state index contributed by atoms with van der Waals surface area (Å²) >= 11 is 0. The third-order valence-electron chi connectivity index (χ3n) is 5.02. The highest BCUT2D eigenvalue weighted by Crippen LogP contribution is 2.33. The normalized spacial score (nSPS) is 14.4. The van der Waals surface area contributed by atoms with Crippen molar-refractivity contribution in [2.75, 3.05) is 4.90 Å². The minimum atomic E-state index is 0.217. The first kappa shape index (κ1) is 15.8. The lowest BCUT2D eigenvalue weighted by atomic mass is 9.57. The van der Waals surface area contributed by atoms with Crippen molar-refractivity contribution < 1.29 is 0 Å². The third-order valence-corrected chi connectivity index (χ3v) is 5.02. The second-order valence-corrected chi connectivity index (χ2v) is 6.71. The van der Waals surface area contributed by atoms with Gasteiger partial charge in [-0.15, -0.1) is 0 Å². The molecule has 0 N–H and O–H groups in total. The molecule has 0 atom stereocenters. The molecule has 3 heteroatoms. The average molecular weight is 346 g/mol. The Balaban J connectivity index is 1.84. The molecule has 3 aromatic rings. The molecule has 0 saturated carbocycles. The van der Waals surface area contributed by atoms with Crippen molar-refractivity contribution in [3.8, 4) is 0 Å². The van der Waals surface area contributed by atoms with Crippen LogP contribution in [0.25, 0.3) is 11.8 Å². The van der Waals surface area contributed by atoms with Crippen LogP contribution < -0.4 is 15.3 Å². The van der Waals surface area contributed by atoms with E-state index < -0.39 is 0 Å². The van der Waals surface area contributed by atoms with Crippen molar-refractivity contribution in [1.29, 1.82) is 0 Å². The topological polar surface area (TPSA) is 6.48 Å². The van der Waals surface area contributed by atoms with Crippen LogP contribution in [0.15, 0.2) is 109 Å². The third kappa shape index (κ3) is 2.78. The standard InChI is InChI=1S/C24H19BN2/c1-3-12-21(13-4-1)27(22-14-5-2-6-15-22)24-23-16-8-7-11-20(23)19-25-17-9-10-18-26(24)25/h1-19H. The molecule has 0 aliphatic carbocycles. The fourth-order valence-corrected chi connectivity index (χ4v) is 3.81. The van der Waals surface area contributed by atoms with Crippen LogP contribution in [-0.2, 0) is 0 Å². The summed E-state index contributed by atoms with van der Waals surface area (Å²) in [5, 5.41) is 2.51. The van der Waals surface area contributed by atoms with Crippen molar-refractivity contribution in [2.45, 2.75) is 0 Å². The van der Waals surface area contributed by atoms with Crippen molar-refractivity contribution in [1.82, 2.24) is 4.81 Å². The summed E-state index contributed by atoms with van der Waals surface area (Å²) in [7, 11) is 0. The predicted octanol–water partition coefficient (Wildman–Crippen LogP) is 3.84. The van der Waals surface area contributed by atoms with Crippen LogP contribution in [0, 0.1) is 0 Å². The van der Waals surface area contributed by atoms with E-state index >= 15 is 0 Å². The van der Waals surface area contributed by atoms with Gasteiger partial charge in [-0.2, -0.15) is 0 Å². The number of para-hydroxylation sites is 2. The molecule has 0 unspecified atom stereocenters. The summed E-state index contributed by atoms with van der Waals surface area (Å²) in [5.74, 6) is 5.74. The lowest BCUT2D eigenvalue weighted by Crippen LogP contribution is -2.50. The second kappa shape index (κ2) is 6.69. The van der Waals surface area contributed by atoms with Gasteiger partial charge in [0, 0.05) is 16.6 Å². The number of allylic oxidation sites excluding steroid dienone is 2. The van der Waals surface area contributed by atoms with Gasteiger partial charge in [-0.05, 0) is 41.8 Å². The summed E-state index contributed by atoms with van der Waals surface area (Å²) in [4.78, 5) is 4.70. The van der Waals surface area contributed by atoms with Crippen molar-refractivity contribution >= 4 is 30.0 Å². The predicted molar refractivity (Wildman–Crippen MR) is 114 cm³/mol. The molecule has 2 aliphatic heterocycles. The zero-order chi connectivity index (χ0) is 18.1. The smallest absolute Gasteiger partial charge is 0.314 e. The van der Waals surface area contributed by atoms with E-state index in [9.17, 15) is 0 Å². The molecule has 0 radical (unpaired) electrons. The van der Waals surface area contributed by atoms with Gasteiger partial charge >= 0.3 is 6.85 Å². The quantitative estimate of drug-likeness (QED) is 0.665. The lowest BCUT2D eigenvalue weighted by molar-refractivity contribution is 0.786. The van der Waals surface area contributed by atoms with Crippen LogP contribution in [0.1, 0.15) is 0 Å². The van der Waals surface area contributed by atoms with Crippen molar-refractivity contribution in [3.05, 3.63) is 120 Å². The Hall–Kier alpha value is -3.46. The molecule has 0 bridgehead atoms. The lowest BCUT2D eigenvalue weighted by Gasteiger charge is -2.39. The zero-order valence-corrected chi connectivity index (χ0v) is 14.9. The van der Waals surface area contributed by atoms with E-state index in [0.29, 0.717) is 0 Å². The van der Waals surface area contributed by atoms with Crippen molar-refractivity contribution in [2.24, 2.45) is 0 Å². The Labute approximate surface area is 159 Å². The van der Waals surface area contributed by atoms with E-state index in [1.165, 1.54) is 16.3 Å². The van der Waals surface area contributed by atoms with Crippen LogP contribution in [0.2, 0.25) is 0 Å². The SMILES string of the molecule is C1=CB2C=c3ccccc3=C(N(c3ccccc3)c3ccccc3)N2C=C1. The first-order valence-electron chi connectivity index (χ1n) is 9.26. The van der Waals surface area contributed by atoms with Gasteiger partial charge < -0.3 is 4.81 Å². The van der Waals surface area contributed by atoms with Gasteiger partial charge in [0.15, 0.2) is 0 Å². The van der Waals surface area contributed by atoms with Gasteiger partial charge in [-0.25, -0.2) is 0 Å². The fraction of sp³-hybridized carbons (Fsp3) is 0. The summed E-state index contributed by atoms with van der Waals surface area (Å²) in [6, 6.07) is 29.8. The summed E-state index contributed by atoms with van der Waals surface area (Å²) in [6.07, 6.45) is 6.40. The number of hydrogen-bond donors (Lipinski definition) is 0. The Morgan fingerprint density at radius 2 is 1.30 bits per heavy atom. The molecule has 2 heterocycles. The zero-order valence-electron chi connectivity index (χ0n) is 14.9. The Morgan fingerprint density at radius 1 is 0.667 bits per heavy atom. The molecular formula is C24H19BN2. The summed E-state index contributed by atoms with van der Waals surface area (Å²) in [6.45, 7) is 0.217. The van der Waals surface area contributed by atoms with Gasteiger partial charge in [-0.3, -0.25) is 4.90 Å². The minimum Gasteiger partial charge on any atom is -0.369 e. The molecule has 0 fully saturated rings. The summed E-state index contributed by atoms with van der Waals surface area (Å²) < 4.78 is 0. The van der Waals surface area contributed by atoms with Crippen LogP contribution in [0.5, 0.6) is 0 Å². The molecule has 5 rings (SSSR count). The molecule has 0 aromatic heterocycles. The molecule has 0 spiro atoms. The maximum atomic E-state index is 2.35. The Kier molecular flexibility index (Phi) is 3.91. The van der Waals surface area contributed by atoms with E-state index in [0.717, 1.165) is 11.4 Å². The van der Waals surface area contributed by atoms with E-state index in [-0.39, 0.29) is 6.85 Å². The van der Waals surface area contributed by atoms with Gasteiger partial charge in [-0.1, -0.05) is 78.7 Å². The number of anilines is 2. The Morgan fingerprint density at radius 3 is 2.00 bits per heavy atom. The largest absolute Gasteiger partial charge is 0.369 e. The van der Waals surface area contributed by atoms with E-state index in [2.05, 4.69) is 125 Å². The number of fused-ring (bicyclic) bond motifs is 2. The monoisotopic (exact) mass is 346 g/mol. The highest BCUT2D eigenvalue weighted by Gasteiger charge is 2.29. The molecule has 0 saturated heterocycles. The second-order valence-electron chi connectivity index (χ2n) is 6.71. The highest BCUT2D eigenvalue weighted by atomic mass is 15.3. The average Bonchev–Trinajstić information content (AvgIpc) is 2.75. The molecule has 27 heavy (non-hydrogen) atoms. The maximum Gasteiger partial charge on any atom is 0.314 e. The first-order chi connectivity index (χ1) is 13.4. The molecule has 3 aromatic carbocycles. The molecule has 2 aliphatic rings. The van der Waals surface area contributed by atoms with E-state index in [1.807, 2.05) is 0 Å². The molecule has 128 valence electrons. The van der Waals surface area contributed by atoms with Gasteiger partial charge in [0.1, 0.15) is 5.82 Å². The van der Waals surface area contributed by atoms with Gasteiger partial charge in [0.05, 0.1) is 0 Å². The number of rotatable bonds is 3. The van der Waals surface area contributed by atoms with Crippen LogP contribution in [-0.4, -0.2) is 11.7 Å². The van der Waals surface area contributed by atoms with Gasteiger partial charge in [0.2, 0.25) is 0 Å². The number of benzene rings is 3. The van der Waals surface area contributed by atoms with E-state index in [1.54, 1.807) is 0 Å². The number of nitrogens with zero attached hydrogens (tertiary/aromatic N) is 2. The Bertz CT molecular complexity index is 1090. The van der Waals surface area contributed by atoms with Crippen LogP contribution >= 0.6 is 0 Å². The minimum absolute atomic E-state index is 0.217. The first-order valence-corrected chi connectivity index (χ1v) is 9.26. The van der Waals surface area contributed by atoms with Crippen LogP contribution in [0.4, 0.5) is 11.4 Å². The number of hydrogen-bond acceptors (Lipinski definition) is 2. The maximum absolute atomic E-state index is 2.35. The summed E-state index contributed by atoms with van der Waals surface area (Å²) in [5.41, 5.74) is 2.30. The van der Waals surface area contributed by atoms with E-state index in [4.69, 9.17) is 0 Å². The molecule has 2 nitrogen and oxygen atoms in total. The van der Waals surface area contributed by atoms with Crippen LogP contribution in [0.3, 0.4) is 0 Å².